The van der Waals surface area contributed by atoms with E-state index < -0.39 is 18.0 Å². The van der Waals surface area contributed by atoms with Crippen molar-refractivity contribution in [2.45, 2.75) is 33.3 Å². The van der Waals surface area contributed by atoms with Gasteiger partial charge in [-0.15, -0.1) is 0 Å². The molecule has 0 aliphatic heterocycles. The van der Waals surface area contributed by atoms with Gasteiger partial charge in [0.15, 0.2) is 6.10 Å². The molecule has 1 aromatic heterocycles. The number of rotatable bonds is 5. The molecular weight excluding hydrogens is 366 g/mol. The van der Waals surface area contributed by atoms with Crippen LogP contribution in [0.3, 0.4) is 0 Å². The van der Waals surface area contributed by atoms with E-state index in [0.29, 0.717) is 34.1 Å². The summed E-state index contributed by atoms with van der Waals surface area (Å²) in [4.78, 5) is 30.1. The Balaban J connectivity index is 1.86. The summed E-state index contributed by atoms with van der Waals surface area (Å²) in [5, 5.41) is 12.5. The van der Waals surface area contributed by atoms with E-state index in [1.807, 2.05) is 44.2 Å². The Morgan fingerprint density at radius 3 is 2.59 bits per heavy atom. The van der Waals surface area contributed by atoms with Crippen LogP contribution < -0.4 is 5.32 Å². The number of aromatic nitrogens is 1. The third-order valence-corrected chi connectivity index (χ3v) is 4.73. The highest BCUT2D eigenvalue weighted by Gasteiger charge is 2.24. The van der Waals surface area contributed by atoms with Crippen molar-refractivity contribution in [2.24, 2.45) is 0 Å². The number of ether oxygens (including phenoxy) is 1. The quantitative estimate of drug-likeness (QED) is 0.664. The van der Waals surface area contributed by atoms with Crippen LogP contribution in [0.1, 0.15) is 41.0 Å². The second-order valence-corrected chi connectivity index (χ2v) is 6.62. The number of nitrogens with one attached hydrogen (secondary N) is 1. The molecule has 0 aliphatic carbocycles. The lowest BCUT2D eigenvalue weighted by Gasteiger charge is -2.17. The standard InChI is InChI=1S/C23H21N3O3/c1-4-18-14(2)21(17-10-6-8-12-20(17)25-18)23(28)29-15(3)22(27)26-19-11-7-5-9-16(19)13-24/h5-12,15H,4H2,1-3H3,(H,26,27)/t15-/m0/s1. The molecule has 1 heterocycles. The van der Waals surface area contributed by atoms with Crippen LogP contribution in [0.25, 0.3) is 10.9 Å². The average Bonchev–Trinajstić information content (AvgIpc) is 2.73. The highest BCUT2D eigenvalue weighted by atomic mass is 16.5. The molecule has 6 heteroatoms. The molecule has 0 fully saturated rings. The van der Waals surface area contributed by atoms with Crippen LogP contribution in [0.2, 0.25) is 0 Å². The van der Waals surface area contributed by atoms with Crippen molar-refractivity contribution in [3.05, 3.63) is 70.9 Å². The molecule has 6 nitrogen and oxygen atoms in total. The van der Waals surface area contributed by atoms with Crippen LogP contribution in [-0.2, 0) is 16.0 Å². The number of nitrogens with zero attached hydrogens (tertiary/aromatic N) is 2. The second-order valence-electron chi connectivity index (χ2n) is 6.62. The first kappa shape index (κ1) is 20.0. The van der Waals surface area contributed by atoms with Gasteiger partial charge < -0.3 is 10.1 Å². The van der Waals surface area contributed by atoms with Crippen molar-refractivity contribution in [1.82, 2.24) is 4.98 Å². The molecule has 0 aliphatic rings. The SMILES string of the molecule is CCc1nc2ccccc2c(C(=O)O[C@@H](C)C(=O)Nc2ccccc2C#N)c1C. The van der Waals surface area contributed by atoms with Gasteiger partial charge in [-0.05, 0) is 44.0 Å². The maximum Gasteiger partial charge on any atom is 0.339 e. The lowest BCUT2D eigenvalue weighted by Crippen LogP contribution is -2.30. The van der Waals surface area contributed by atoms with E-state index in [1.165, 1.54) is 6.92 Å². The summed E-state index contributed by atoms with van der Waals surface area (Å²) in [6.45, 7) is 5.31. The Hall–Kier alpha value is -3.72. The predicted molar refractivity (Wildman–Crippen MR) is 111 cm³/mol. The number of aryl methyl sites for hydroxylation is 1. The first-order chi connectivity index (χ1) is 14.0. The van der Waals surface area contributed by atoms with Crippen LogP contribution in [-0.4, -0.2) is 23.0 Å². The van der Waals surface area contributed by atoms with Crippen molar-refractivity contribution in [3.8, 4) is 6.07 Å². The van der Waals surface area contributed by atoms with Gasteiger partial charge in [-0.3, -0.25) is 9.78 Å². The lowest BCUT2D eigenvalue weighted by molar-refractivity contribution is -0.123. The Labute approximate surface area is 169 Å². The third kappa shape index (κ3) is 4.09. The normalized spacial score (nSPS) is 11.5. The van der Waals surface area contributed by atoms with E-state index in [9.17, 15) is 9.59 Å². The molecule has 0 unspecified atom stereocenters. The lowest BCUT2D eigenvalue weighted by atomic mass is 10.0. The van der Waals surface area contributed by atoms with Crippen LogP contribution in [0.4, 0.5) is 5.69 Å². The van der Waals surface area contributed by atoms with Crippen molar-refractivity contribution < 1.29 is 14.3 Å². The van der Waals surface area contributed by atoms with Crippen LogP contribution in [0.15, 0.2) is 48.5 Å². The van der Waals surface area contributed by atoms with Gasteiger partial charge in [0.2, 0.25) is 0 Å². The Morgan fingerprint density at radius 1 is 1.17 bits per heavy atom. The number of carbonyl (C=O) groups excluding carboxylic acids is 2. The van der Waals surface area contributed by atoms with Gasteiger partial charge in [-0.25, -0.2) is 4.79 Å². The van der Waals surface area contributed by atoms with Gasteiger partial charge in [-0.2, -0.15) is 5.26 Å². The number of hydrogen-bond donors (Lipinski definition) is 1. The molecule has 0 bridgehead atoms. The number of nitriles is 1. The van der Waals surface area contributed by atoms with E-state index in [0.717, 1.165) is 11.3 Å². The fraction of sp³-hybridized carbons (Fsp3) is 0.217. The minimum absolute atomic E-state index is 0.336. The number of pyridine rings is 1. The fourth-order valence-corrected chi connectivity index (χ4v) is 3.16. The number of para-hydroxylation sites is 2. The molecule has 0 spiro atoms. The Bertz CT molecular complexity index is 1130. The monoisotopic (exact) mass is 387 g/mol. The first-order valence-electron chi connectivity index (χ1n) is 9.35. The number of benzene rings is 2. The highest BCUT2D eigenvalue weighted by molar-refractivity contribution is 6.06. The molecule has 1 N–H and O–H groups in total. The molecule has 0 saturated carbocycles. The van der Waals surface area contributed by atoms with E-state index >= 15 is 0 Å². The maximum atomic E-state index is 13.0. The zero-order valence-electron chi connectivity index (χ0n) is 16.5. The summed E-state index contributed by atoms with van der Waals surface area (Å²) < 4.78 is 5.47. The van der Waals surface area contributed by atoms with Crippen LogP contribution in [0, 0.1) is 18.3 Å². The summed E-state index contributed by atoms with van der Waals surface area (Å²) in [6, 6.07) is 16.0. The first-order valence-corrected chi connectivity index (χ1v) is 9.35. The van der Waals surface area contributed by atoms with Crippen LogP contribution >= 0.6 is 0 Å². The number of carbonyl (C=O) groups is 2. The van der Waals surface area contributed by atoms with Crippen molar-refractivity contribution in [3.63, 3.8) is 0 Å². The molecule has 0 radical (unpaired) electrons. The highest BCUT2D eigenvalue weighted by Crippen LogP contribution is 2.25. The number of esters is 1. The smallest absolute Gasteiger partial charge is 0.339 e. The minimum Gasteiger partial charge on any atom is -0.449 e. The summed E-state index contributed by atoms with van der Waals surface area (Å²) >= 11 is 0. The second kappa shape index (κ2) is 8.53. The molecule has 29 heavy (non-hydrogen) atoms. The molecule has 0 saturated heterocycles. The zero-order chi connectivity index (χ0) is 21.0. The summed E-state index contributed by atoms with van der Waals surface area (Å²) in [6.07, 6.45) is -0.358. The van der Waals surface area contributed by atoms with Gasteiger partial charge in [0, 0.05) is 11.1 Å². The Morgan fingerprint density at radius 2 is 1.86 bits per heavy atom. The number of anilines is 1. The van der Waals surface area contributed by atoms with Crippen molar-refractivity contribution >= 4 is 28.5 Å². The molecule has 3 rings (SSSR count). The fourth-order valence-electron chi connectivity index (χ4n) is 3.16. The van der Waals surface area contributed by atoms with Crippen molar-refractivity contribution in [1.29, 1.82) is 5.26 Å². The molecule has 3 aromatic rings. The van der Waals surface area contributed by atoms with Crippen LogP contribution in [0.5, 0.6) is 0 Å². The molecule has 1 amide bonds. The van der Waals surface area contributed by atoms with E-state index in [-0.39, 0.29) is 0 Å². The maximum absolute atomic E-state index is 13.0. The third-order valence-electron chi connectivity index (χ3n) is 4.73. The topological polar surface area (TPSA) is 92.1 Å². The minimum atomic E-state index is -1.04. The zero-order valence-corrected chi connectivity index (χ0v) is 16.5. The molecule has 1 atom stereocenters. The largest absolute Gasteiger partial charge is 0.449 e. The average molecular weight is 387 g/mol. The van der Waals surface area contributed by atoms with Gasteiger partial charge in [-0.1, -0.05) is 37.3 Å². The number of hydrogen-bond acceptors (Lipinski definition) is 5. The summed E-state index contributed by atoms with van der Waals surface area (Å²) in [5.74, 6) is -1.08. The Kier molecular flexibility index (Phi) is 5.89. The predicted octanol–water partition coefficient (Wildman–Crippen LogP) is 4.16. The van der Waals surface area contributed by atoms with E-state index in [4.69, 9.17) is 10.00 Å². The van der Waals surface area contributed by atoms with Gasteiger partial charge in [0.05, 0.1) is 22.3 Å². The van der Waals surface area contributed by atoms with Gasteiger partial charge >= 0.3 is 5.97 Å². The summed E-state index contributed by atoms with van der Waals surface area (Å²) in [7, 11) is 0. The summed E-state index contributed by atoms with van der Waals surface area (Å²) in [5.41, 5.74) is 3.41. The van der Waals surface area contributed by atoms with Crippen molar-refractivity contribution in [2.75, 3.05) is 5.32 Å². The van der Waals surface area contributed by atoms with E-state index in [1.54, 1.807) is 24.3 Å². The molecule has 146 valence electrons. The van der Waals surface area contributed by atoms with E-state index in [2.05, 4.69) is 10.3 Å². The van der Waals surface area contributed by atoms with Gasteiger partial charge in [0.1, 0.15) is 6.07 Å². The van der Waals surface area contributed by atoms with Gasteiger partial charge in [0.25, 0.3) is 5.91 Å². The number of fused-ring (bicyclic) bond motifs is 1. The number of amides is 1. The molecule has 2 aromatic carbocycles. The molecular formula is C23H21N3O3.